The number of nitrogens with one attached hydrogen (secondary N) is 3. The monoisotopic (exact) mass is 379 g/mol. The molecule has 28 heavy (non-hydrogen) atoms. The van der Waals surface area contributed by atoms with Gasteiger partial charge in [0.1, 0.15) is 0 Å². The maximum absolute atomic E-state index is 12.6. The first kappa shape index (κ1) is 20.1. The number of anilines is 2. The van der Waals surface area contributed by atoms with Crippen molar-refractivity contribution in [3.05, 3.63) is 60.2 Å². The van der Waals surface area contributed by atoms with Gasteiger partial charge in [-0.25, -0.2) is 0 Å². The largest absolute Gasteiger partial charge is 0.324 e. The Labute approximate surface area is 166 Å². The second-order valence-electron chi connectivity index (χ2n) is 7.34. The minimum absolute atomic E-state index is 0.123. The van der Waals surface area contributed by atoms with Crippen molar-refractivity contribution in [3.63, 3.8) is 0 Å². The van der Waals surface area contributed by atoms with Gasteiger partial charge in [-0.3, -0.25) is 9.59 Å². The quantitative estimate of drug-likeness (QED) is 0.688. The highest BCUT2D eigenvalue weighted by atomic mass is 16.2. The van der Waals surface area contributed by atoms with E-state index in [0.29, 0.717) is 17.3 Å². The zero-order chi connectivity index (χ0) is 19.6. The molecule has 0 aromatic heterocycles. The summed E-state index contributed by atoms with van der Waals surface area (Å²) < 4.78 is 0. The van der Waals surface area contributed by atoms with Crippen molar-refractivity contribution < 1.29 is 9.59 Å². The maximum atomic E-state index is 12.6. The molecule has 0 unspecified atom stereocenters. The predicted molar refractivity (Wildman–Crippen MR) is 114 cm³/mol. The molecule has 2 amide bonds. The minimum Gasteiger partial charge on any atom is -0.324 e. The van der Waals surface area contributed by atoms with E-state index < -0.39 is 0 Å². The number of hydrogen-bond donors (Lipinski definition) is 3. The van der Waals surface area contributed by atoms with Gasteiger partial charge in [0.05, 0.1) is 17.8 Å². The molecule has 0 bridgehead atoms. The molecule has 0 spiro atoms. The van der Waals surface area contributed by atoms with Crippen LogP contribution in [0.15, 0.2) is 54.6 Å². The molecule has 5 nitrogen and oxygen atoms in total. The first-order chi connectivity index (χ1) is 13.7. The van der Waals surface area contributed by atoms with Crippen LogP contribution in [-0.2, 0) is 4.79 Å². The molecule has 1 aliphatic rings. The standard InChI is InChI=1S/C23H29N3O2/c27-22(17-24-18-11-5-2-1-3-6-12-18)26-21-16-10-9-15-20(21)23(28)25-19-13-7-4-8-14-19/h4,7-10,13-16,18,24H,1-3,5-6,11-12,17H2,(H,25,28)(H,26,27). The van der Waals surface area contributed by atoms with Gasteiger partial charge < -0.3 is 16.0 Å². The van der Waals surface area contributed by atoms with E-state index in [9.17, 15) is 9.59 Å². The highest BCUT2D eigenvalue weighted by Crippen LogP contribution is 2.18. The van der Waals surface area contributed by atoms with Gasteiger partial charge in [0.2, 0.25) is 5.91 Å². The molecule has 3 N–H and O–H groups in total. The average Bonchev–Trinajstić information content (AvgIpc) is 2.68. The number of para-hydroxylation sites is 2. The number of carbonyl (C=O) groups excluding carboxylic acids is 2. The van der Waals surface area contributed by atoms with Crippen molar-refractivity contribution in [1.82, 2.24) is 5.32 Å². The summed E-state index contributed by atoms with van der Waals surface area (Å²) >= 11 is 0. The van der Waals surface area contributed by atoms with E-state index in [4.69, 9.17) is 0 Å². The van der Waals surface area contributed by atoms with E-state index in [0.717, 1.165) is 18.5 Å². The Morgan fingerprint density at radius 1 is 0.786 bits per heavy atom. The second kappa shape index (κ2) is 10.6. The Kier molecular flexibility index (Phi) is 7.62. The zero-order valence-corrected chi connectivity index (χ0v) is 16.2. The lowest BCUT2D eigenvalue weighted by Crippen LogP contribution is -2.36. The number of carbonyl (C=O) groups is 2. The van der Waals surface area contributed by atoms with Crippen LogP contribution in [0.1, 0.15) is 55.3 Å². The number of benzene rings is 2. The van der Waals surface area contributed by atoms with Crippen molar-refractivity contribution in [3.8, 4) is 0 Å². The molecule has 0 radical (unpaired) electrons. The molecular weight excluding hydrogens is 350 g/mol. The summed E-state index contributed by atoms with van der Waals surface area (Å²) in [6.07, 6.45) is 8.61. The minimum atomic E-state index is -0.241. The number of amides is 2. The van der Waals surface area contributed by atoms with Crippen LogP contribution in [0, 0.1) is 0 Å². The van der Waals surface area contributed by atoms with Gasteiger partial charge in [-0.15, -0.1) is 0 Å². The van der Waals surface area contributed by atoms with E-state index in [1.165, 1.54) is 32.1 Å². The molecule has 0 aliphatic heterocycles. The fourth-order valence-corrected chi connectivity index (χ4v) is 3.60. The van der Waals surface area contributed by atoms with Crippen molar-refractivity contribution >= 4 is 23.2 Å². The molecule has 1 fully saturated rings. The molecule has 0 saturated heterocycles. The van der Waals surface area contributed by atoms with Crippen LogP contribution >= 0.6 is 0 Å². The summed E-state index contributed by atoms with van der Waals surface area (Å²) in [4.78, 5) is 25.1. The van der Waals surface area contributed by atoms with Gasteiger partial charge in [-0.1, -0.05) is 62.4 Å². The van der Waals surface area contributed by atoms with Crippen LogP contribution in [0.5, 0.6) is 0 Å². The Hall–Kier alpha value is -2.66. The van der Waals surface area contributed by atoms with Gasteiger partial charge in [-0.2, -0.15) is 0 Å². The molecule has 1 saturated carbocycles. The molecular formula is C23H29N3O2. The molecule has 148 valence electrons. The zero-order valence-electron chi connectivity index (χ0n) is 16.2. The summed E-state index contributed by atoms with van der Waals surface area (Å²) in [7, 11) is 0. The predicted octanol–water partition coefficient (Wildman–Crippen LogP) is 4.58. The fourth-order valence-electron chi connectivity index (χ4n) is 3.60. The van der Waals surface area contributed by atoms with E-state index >= 15 is 0 Å². The first-order valence-electron chi connectivity index (χ1n) is 10.2. The Balaban J connectivity index is 1.56. The highest BCUT2D eigenvalue weighted by molar-refractivity contribution is 6.10. The van der Waals surface area contributed by atoms with Crippen molar-refractivity contribution in [2.24, 2.45) is 0 Å². The third-order valence-electron chi connectivity index (χ3n) is 5.13. The van der Waals surface area contributed by atoms with E-state index in [2.05, 4.69) is 16.0 Å². The molecule has 2 aromatic rings. The second-order valence-corrected chi connectivity index (χ2v) is 7.34. The van der Waals surface area contributed by atoms with Crippen LogP contribution in [0.3, 0.4) is 0 Å². The van der Waals surface area contributed by atoms with Crippen LogP contribution < -0.4 is 16.0 Å². The van der Waals surface area contributed by atoms with E-state index in [-0.39, 0.29) is 18.4 Å². The molecule has 3 rings (SSSR count). The molecule has 5 heteroatoms. The Morgan fingerprint density at radius 2 is 1.43 bits per heavy atom. The summed E-state index contributed by atoms with van der Waals surface area (Å²) in [6, 6.07) is 16.8. The maximum Gasteiger partial charge on any atom is 0.257 e. The van der Waals surface area contributed by atoms with Gasteiger partial charge in [0.15, 0.2) is 0 Å². The van der Waals surface area contributed by atoms with E-state index in [1.54, 1.807) is 18.2 Å². The highest BCUT2D eigenvalue weighted by Gasteiger charge is 2.15. The smallest absolute Gasteiger partial charge is 0.257 e. The first-order valence-corrected chi connectivity index (χ1v) is 10.2. The van der Waals surface area contributed by atoms with Crippen LogP contribution in [0.2, 0.25) is 0 Å². The topological polar surface area (TPSA) is 70.2 Å². The third kappa shape index (κ3) is 6.20. The summed E-state index contributed by atoms with van der Waals surface area (Å²) in [6.45, 7) is 0.263. The normalized spacial score (nSPS) is 15.3. The van der Waals surface area contributed by atoms with Crippen molar-refractivity contribution in [2.75, 3.05) is 17.2 Å². The lowest BCUT2D eigenvalue weighted by atomic mass is 9.97. The molecule has 1 aliphatic carbocycles. The third-order valence-corrected chi connectivity index (χ3v) is 5.13. The summed E-state index contributed by atoms with van der Waals surface area (Å²) in [5, 5.41) is 9.13. The SMILES string of the molecule is O=C(CNC1CCCCCCC1)Nc1ccccc1C(=O)Nc1ccccc1. The molecule has 2 aromatic carbocycles. The lowest BCUT2D eigenvalue weighted by molar-refractivity contribution is -0.115. The van der Waals surface area contributed by atoms with Gasteiger partial charge in [0.25, 0.3) is 5.91 Å². The fraction of sp³-hybridized carbons (Fsp3) is 0.391. The van der Waals surface area contributed by atoms with Gasteiger partial charge in [0, 0.05) is 11.7 Å². The van der Waals surface area contributed by atoms with Crippen LogP contribution in [0.4, 0.5) is 11.4 Å². The number of hydrogen-bond acceptors (Lipinski definition) is 3. The Bertz CT molecular complexity index is 768. The molecule has 0 heterocycles. The van der Waals surface area contributed by atoms with Crippen LogP contribution in [0.25, 0.3) is 0 Å². The molecule has 0 atom stereocenters. The summed E-state index contributed by atoms with van der Waals surface area (Å²) in [5.41, 5.74) is 1.70. The average molecular weight is 380 g/mol. The lowest BCUT2D eigenvalue weighted by Gasteiger charge is -2.21. The number of rotatable bonds is 6. The van der Waals surface area contributed by atoms with Crippen molar-refractivity contribution in [2.45, 2.75) is 51.0 Å². The van der Waals surface area contributed by atoms with Crippen LogP contribution in [-0.4, -0.2) is 24.4 Å². The Morgan fingerprint density at radius 3 is 2.18 bits per heavy atom. The van der Waals surface area contributed by atoms with Gasteiger partial charge >= 0.3 is 0 Å². The summed E-state index contributed by atoms with van der Waals surface area (Å²) in [5.74, 6) is -0.364. The van der Waals surface area contributed by atoms with Crippen molar-refractivity contribution in [1.29, 1.82) is 0 Å². The van der Waals surface area contributed by atoms with E-state index in [1.807, 2.05) is 36.4 Å². The van der Waals surface area contributed by atoms with Gasteiger partial charge in [-0.05, 0) is 37.1 Å².